The smallest absolute Gasteiger partial charge is 0.101 e. The summed E-state index contributed by atoms with van der Waals surface area (Å²) in [6.07, 6.45) is 4.44. The lowest BCUT2D eigenvalue weighted by Crippen LogP contribution is -2.35. The minimum Gasteiger partial charge on any atom is -0.381 e. The molecule has 1 fully saturated rings. The van der Waals surface area contributed by atoms with E-state index in [0.717, 1.165) is 24.9 Å². The van der Waals surface area contributed by atoms with Crippen molar-refractivity contribution in [2.45, 2.75) is 37.8 Å². The average Bonchev–Trinajstić information content (AvgIpc) is 2.30. The minimum atomic E-state index is 0.306. The summed E-state index contributed by atoms with van der Waals surface area (Å²) < 4.78 is 0. The second-order valence-corrected chi connectivity index (χ2v) is 4.43. The van der Waals surface area contributed by atoms with Gasteiger partial charge in [0.05, 0.1) is 11.3 Å². The van der Waals surface area contributed by atoms with Gasteiger partial charge < -0.3 is 11.1 Å². The van der Waals surface area contributed by atoms with Gasteiger partial charge in [-0.15, -0.1) is 0 Å². The molecule has 3 heteroatoms. The molecule has 0 bridgehead atoms. The first-order chi connectivity index (χ1) is 7.79. The third kappa shape index (κ3) is 2.53. The summed E-state index contributed by atoms with van der Waals surface area (Å²) in [7, 11) is 0. The van der Waals surface area contributed by atoms with E-state index < -0.39 is 0 Å². The topological polar surface area (TPSA) is 61.8 Å². The fourth-order valence-electron chi connectivity index (χ4n) is 2.29. The molecule has 2 unspecified atom stereocenters. The number of para-hydroxylation sites is 1. The summed E-state index contributed by atoms with van der Waals surface area (Å²) in [6, 6.07) is 10.6. The number of nitrogens with zero attached hydrogens (tertiary/aromatic N) is 1. The molecule has 0 heterocycles. The lowest BCUT2D eigenvalue weighted by Gasteiger charge is -2.28. The first-order valence-corrected chi connectivity index (χ1v) is 5.81. The van der Waals surface area contributed by atoms with Crippen LogP contribution in [0.15, 0.2) is 24.3 Å². The highest BCUT2D eigenvalue weighted by atomic mass is 14.9. The van der Waals surface area contributed by atoms with E-state index in [1.165, 1.54) is 6.42 Å². The van der Waals surface area contributed by atoms with Crippen molar-refractivity contribution in [1.82, 2.24) is 0 Å². The summed E-state index contributed by atoms with van der Waals surface area (Å²) in [4.78, 5) is 0. The molecule has 2 rings (SSSR count). The van der Waals surface area contributed by atoms with Gasteiger partial charge in [0.2, 0.25) is 0 Å². The Labute approximate surface area is 96.3 Å². The number of anilines is 1. The molecule has 1 saturated carbocycles. The second kappa shape index (κ2) is 5.00. The lowest BCUT2D eigenvalue weighted by molar-refractivity contribution is 0.409. The van der Waals surface area contributed by atoms with Gasteiger partial charge >= 0.3 is 0 Å². The highest BCUT2D eigenvalue weighted by Gasteiger charge is 2.19. The fourth-order valence-corrected chi connectivity index (χ4v) is 2.29. The Hall–Kier alpha value is -1.53. The quantitative estimate of drug-likeness (QED) is 0.795. The molecule has 16 heavy (non-hydrogen) atoms. The van der Waals surface area contributed by atoms with Crippen molar-refractivity contribution in [2.24, 2.45) is 5.73 Å². The van der Waals surface area contributed by atoms with Gasteiger partial charge in [-0.3, -0.25) is 0 Å². The van der Waals surface area contributed by atoms with Crippen LogP contribution in [0.25, 0.3) is 0 Å². The molecule has 1 aliphatic carbocycles. The third-order valence-electron chi connectivity index (χ3n) is 3.12. The second-order valence-electron chi connectivity index (χ2n) is 4.43. The molecule has 1 aliphatic rings. The number of nitrogens with two attached hydrogens (primary N) is 1. The van der Waals surface area contributed by atoms with Gasteiger partial charge in [-0.25, -0.2) is 0 Å². The number of hydrogen-bond acceptors (Lipinski definition) is 3. The van der Waals surface area contributed by atoms with Crippen LogP contribution in [0.2, 0.25) is 0 Å². The van der Waals surface area contributed by atoms with Crippen molar-refractivity contribution >= 4 is 5.69 Å². The summed E-state index contributed by atoms with van der Waals surface area (Å²) >= 11 is 0. The van der Waals surface area contributed by atoms with E-state index in [1.54, 1.807) is 0 Å². The van der Waals surface area contributed by atoms with Crippen molar-refractivity contribution in [3.8, 4) is 6.07 Å². The Balaban J connectivity index is 2.06. The molecular formula is C13H17N3. The molecular weight excluding hydrogens is 198 g/mol. The Bertz CT molecular complexity index is 394. The Morgan fingerprint density at radius 2 is 2.12 bits per heavy atom. The third-order valence-corrected chi connectivity index (χ3v) is 3.12. The van der Waals surface area contributed by atoms with Crippen LogP contribution in [-0.2, 0) is 0 Å². The van der Waals surface area contributed by atoms with Crippen LogP contribution in [-0.4, -0.2) is 12.1 Å². The molecule has 0 radical (unpaired) electrons. The van der Waals surface area contributed by atoms with Crippen molar-refractivity contribution in [3.05, 3.63) is 29.8 Å². The summed E-state index contributed by atoms with van der Waals surface area (Å²) in [5, 5.41) is 12.4. The van der Waals surface area contributed by atoms with Crippen molar-refractivity contribution in [3.63, 3.8) is 0 Å². The predicted octanol–water partition coefficient (Wildman–Crippen LogP) is 2.24. The molecule has 0 aliphatic heterocycles. The summed E-state index contributed by atoms with van der Waals surface area (Å²) in [5.74, 6) is 0. The van der Waals surface area contributed by atoms with Gasteiger partial charge in [0, 0.05) is 12.1 Å². The zero-order chi connectivity index (χ0) is 11.4. The molecule has 2 atom stereocenters. The minimum absolute atomic E-state index is 0.306. The van der Waals surface area contributed by atoms with Crippen molar-refractivity contribution in [2.75, 3.05) is 5.32 Å². The van der Waals surface area contributed by atoms with E-state index in [1.807, 2.05) is 24.3 Å². The average molecular weight is 215 g/mol. The van der Waals surface area contributed by atoms with E-state index in [0.29, 0.717) is 17.6 Å². The number of rotatable bonds is 2. The number of benzene rings is 1. The van der Waals surface area contributed by atoms with Gasteiger partial charge in [-0.1, -0.05) is 12.1 Å². The van der Waals surface area contributed by atoms with Crippen LogP contribution in [0.4, 0.5) is 5.69 Å². The molecule has 0 saturated heterocycles. The molecule has 0 amide bonds. The maximum atomic E-state index is 8.99. The molecule has 3 nitrogen and oxygen atoms in total. The van der Waals surface area contributed by atoms with Crippen LogP contribution >= 0.6 is 0 Å². The number of nitrogens with one attached hydrogen (secondary N) is 1. The van der Waals surface area contributed by atoms with Crippen molar-refractivity contribution < 1.29 is 0 Å². The van der Waals surface area contributed by atoms with Gasteiger partial charge in [-0.05, 0) is 37.8 Å². The standard InChI is InChI=1S/C13H17N3/c14-9-10-4-1-2-7-13(10)16-12-6-3-5-11(15)8-12/h1-2,4,7,11-12,16H,3,5-6,8,15H2. The van der Waals surface area contributed by atoms with E-state index in [-0.39, 0.29) is 0 Å². The van der Waals surface area contributed by atoms with Gasteiger partial charge in [0.25, 0.3) is 0 Å². The summed E-state index contributed by atoms with van der Waals surface area (Å²) in [5.41, 5.74) is 7.59. The van der Waals surface area contributed by atoms with Gasteiger partial charge in [-0.2, -0.15) is 5.26 Å². The van der Waals surface area contributed by atoms with E-state index in [4.69, 9.17) is 11.0 Å². The zero-order valence-electron chi connectivity index (χ0n) is 9.32. The molecule has 84 valence electrons. The van der Waals surface area contributed by atoms with Crippen LogP contribution in [0, 0.1) is 11.3 Å². The lowest BCUT2D eigenvalue weighted by atomic mass is 9.91. The number of nitriles is 1. The molecule has 3 N–H and O–H groups in total. The fraction of sp³-hybridized carbons (Fsp3) is 0.462. The van der Waals surface area contributed by atoms with E-state index in [9.17, 15) is 0 Å². The van der Waals surface area contributed by atoms with Crippen LogP contribution in [0.5, 0.6) is 0 Å². The normalized spacial score (nSPS) is 24.8. The molecule has 1 aromatic carbocycles. The maximum absolute atomic E-state index is 8.99. The van der Waals surface area contributed by atoms with Crippen LogP contribution in [0.1, 0.15) is 31.2 Å². The van der Waals surface area contributed by atoms with Crippen LogP contribution < -0.4 is 11.1 Å². The highest BCUT2D eigenvalue weighted by molar-refractivity contribution is 5.57. The zero-order valence-corrected chi connectivity index (χ0v) is 9.32. The van der Waals surface area contributed by atoms with Crippen molar-refractivity contribution in [1.29, 1.82) is 5.26 Å². The first-order valence-electron chi connectivity index (χ1n) is 5.81. The van der Waals surface area contributed by atoms with E-state index in [2.05, 4.69) is 11.4 Å². The summed E-state index contributed by atoms with van der Waals surface area (Å²) in [6.45, 7) is 0. The predicted molar refractivity (Wildman–Crippen MR) is 65.0 cm³/mol. The molecule has 0 spiro atoms. The van der Waals surface area contributed by atoms with Gasteiger partial charge in [0.15, 0.2) is 0 Å². The molecule has 0 aromatic heterocycles. The monoisotopic (exact) mass is 215 g/mol. The van der Waals surface area contributed by atoms with Crippen LogP contribution in [0.3, 0.4) is 0 Å². The largest absolute Gasteiger partial charge is 0.381 e. The highest BCUT2D eigenvalue weighted by Crippen LogP contribution is 2.22. The number of hydrogen-bond donors (Lipinski definition) is 2. The Morgan fingerprint density at radius 3 is 2.88 bits per heavy atom. The first kappa shape index (κ1) is 11.0. The molecule has 1 aromatic rings. The Kier molecular flexibility index (Phi) is 3.43. The SMILES string of the molecule is N#Cc1ccccc1NC1CCCC(N)C1. The maximum Gasteiger partial charge on any atom is 0.101 e. The Morgan fingerprint density at radius 1 is 1.31 bits per heavy atom. The van der Waals surface area contributed by atoms with E-state index >= 15 is 0 Å². The van der Waals surface area contributed by atoms with Gasteiger partial charge in [0.1, 0.15) is 6.07 Å².